The van der Waals surface area contributed by atoms with Crippen LogP contribution in [-0.2, 0) is 4.79 Å². The minimum Gasteiger partial charge on any atom is -0.382 e. The highest BCUT2D eigenvalue weighted by Crippen LogP contribution is 2.38. The van der Waals surface area contributed by atoms with Crippen molar-refractivity contribution in [1.29, 1.82) is 0 Å². The highest BCUT2D eigenvalue weighted by molar-refractivity contribution is 6.00. The van der Waals surface area contributed by atoms with E-state index in [0.717, 1.165) is 35.9 Å². The van der Waals surface area contributed by atoms with Crippen LogP contribution in [0.5, 0.6) is 0 Å². The minimum atomic E-state index is -0.881. The van der Waals surface area contributed by atoms with Crippen LogP contribution in [0.4, 0.5) is 10.2 Å². The van der Waals surface area contributed by atoms with Crippen molar-refractivity contribution >= 4 is 23.1 Å². The summed E-state index contributed by atoms with van der Waals surface area (Å²) in [5, 5.41) is 4.56. The first-order valence-electron chi connectivity index (χ1n) is 16.1. The maximum atomic E-state index is 14.2. The molecule has 1 aromatic carbocycles. The van der Waals surface area contributed by atoms with Gasteiger partial charge in [0.15, 0.2) is 5.82 Å². The topological polar surface area (TPSA) is 155 Å². The van der Waals surface area contributed by atoms with Gasteiger partial charge in [-0.2, -0.15) is 5.10 Å². The van der Waals surface area contributed by atoms with Gasteiger partial charge in [0.2, 0.25) is 11.3 Å². The number of primary amides is 1. The van der Waals surface area contributed by atoms with Crippen LogP contribution < -0.4 is 16.9 Å². The maximum Gasteiger partial charge on any atom is 0.254 e. The third-order valence-electron chi connectivity index (χ3n) is 9.21. The van der Waals surface area contributed by atoms with Crippen molar-refractivity contribution in [3.8, 4) is 33.5 Å². The van der Waals surface area contributed by atoms with Gasteiger partial charge in [0.05, 0.1) is 17.5 Å². The van der Waals surface area contributed by atoms with Crippen LogP contribution in [0.25, 0.3) is 39.0 Å². The van der Waals surface area contributed by atoms with Gasteiger partial charge in [-0.05, 0) is 56.9 Å². The van der Waals surface area contributed by atoms with Crippen LogP contribution in [0.1, 0.15) is 74.2 Å². The summed E-state index contributed by atoms with van der Waals surface area (Å²) >= 11 is 0. The van der Waals surface area contributed by atoms with E-state index >= 15 is 0 Å². The smallest absolute Gasteiger partial charge is 0.254 e. The molecule has 1 aliphatic heterocycles. The average Bonchev–Trinajstić information content (AvgIpc) is 3.45. The number of hydrogen-bond donors (Lipinski definition) is 2. The third kappa shape index (κ3) is 5.61. The van der Waals surface area contributed by atoms with E-state index in [2.05, 4.69) is 21.1 Å². The summed E-state index contributed by atoms with van der Waals surface area (Å²) in [7, 11) is 0. The molecule has 2 amide bonds. The van der Waals surface area contributed by atoms with Crippen molar-refractivity contribution in [3.05, 3.63) is 88.1 Å². The molecule has 0 radical (unpaired) electrons. The number of nitrogens with two attached hydrogens (primary N) is 2. The largest absolute Gasteiger partial charge is 0.382 e. The van der Waals surface area contributed by atoms with E-state index in [1.807, 2.05) is 65.9 Å². The van der Waals surface area contributed by atoms with E-state index in [4.69, 9.17) is 11.5 Å². The molecule has 11 nitrogen and oxygen atoms in total. The van der Waals surface area contributed by atoms with Gasteiger partial charge in [0.1, 0.15) is 23.2 Å². The standard InChI is InChI=1S/C36H39FN8O3/c1-19(2)36(48)43-12-10-23(11-13-43)28-15-27(32-34(38)41-18-42-45(28)32)22-6-8-24(9-7-22)31-30(35(39)47)33(46)29(21(5)44(31)20(3)4)25-14-26(37)17-40-16-25/h6-9,14-20,23H,10-13H2,1-5H3,(H2,39,47)(H2,38,41,42). The number of halogens is 1. The van der Waals surface area contributed by atoms with Gasteiger partial charge in [-0.1, -0.05) is 38.1 Å². The Labute approximate surface area is 277 Å². The summed E-state index contributed by atoms with van der Waals surface area (Å²) in [5.41, 5.74) is 16.9. The fourth-order valence-corrected chi connectivity index (χ4v) is 7.02. The molecule has 4 aromatic heterocycles. The molecule has 4 N–H and O–H groups in total. The number of pyridine rings is 2. The molecule has 0 atom stereocenters. The quantitative estimate of drug-likeness (QED) is 0.240. The summed E-state index contributed by atoms with van der Waals surface area (Å²) in [6, 6.07) is 10.6. The van der Waals surface area contributed by atoms with E-state index < -0.39 is 17.2 Å². The number of nitrogen functional groups attached to an aromatic ring is 1. The van der Waals surface area contributed by atoms with Crippen LogP contribution in [0.3, 0.4) is 0 Å². The van der Waals surface area contributed by atoms with Crippen molar-refractivity contribution in [2.24, 2.45) is 11.7 Å². The number of rotatable bonds is 7. The number of nitrogens with zero attached hydrogens (tertiary/aromatic N) is 6. The zero-order chi connectivity index (χ0) is 34.4. The fourth-order valence-electron chi connectivity index (χ4n) is 7.02. The van der Waals surface area contributed by atoms with E-state index in [-0.39, 0.29) is 40.5 Å². The summed E-state index contributed by atoms with van der Waals surface area (Å²) in [5.74, 6) is -0.844. The highest BCUT2D eigenvalue weighted by Gasteiger charge is 2.29. The van der Waals surface area contributed by atoms with Crippen LogP contribution in [0.2, 0.25) is 0 Å². The lowest BCUT2D eigenvalue weighted by Crippen LogP contribution is -2.40. The van der Waals surface area contributed by atoms with Gasteiger partial charge in [0.25, 0.3) is 5.91 Å². The van der Waals surface area contributed by atoms with E-state index in [0.29, 0.717) is 41.4 Å². The summed E-state index contributed by atoms with van der Waals surface area (Å²) < 4.78 is 17.9. The molecule has 0 aliphatic carbocycles. The lowest BCUT2D eigenvalue weighted by molar-refractivity contribution is -0.135. The number of carbonyl (C=O) groups is 2. The second kappa shape index (κ2) is 12.7. The van der Waals surface area contributed by atoms with Crippen LogP contribution >= 0.6 is 0 Å². The van der Waals surface area contributed by atoms with E-state index in [9.17, 15) is 18.8 Å². The van der Waals surface area contributed by atoms with Gasteiger partial charge in [-0.25, -0.2) is 13.9 Å². The number of likely N-dealkylation sites (tertiary alicyclic amines) is 1. The molecule has 0 spiro atoms. The molecular formula is C36H39FN8O3. The van der Waals surface area contributed by atoms with Crippen molar-refractivity contribution in [2.45, 2.75) is 59.4 Å². The molecule has 0 saturated carbocycles. The molecule has 12 heteroatoms. The Bertz CT molecular complexity index is 2110. The number of aromatic nitrogens is 5. The molecule has 48 heavy (non-hydrogen) atoms. The summed E-state index contributed by atoms with van der Waals surface area (Å²) in [4.78, 5) is 49.5. The average molecular weight is 651 g/mol. The lowest BCUT2D eigenvalue weighted by atomic mass is 9.92. The molecule has 5 aromatic rings. The van der Waals surface area contributed by atoms with Crippen molar-refractivity contribution in [3.63, 3.8) is 0 Å². The molecule has 1 aliphatic rings. The van der Waals surface area contributed by atoms with Crippen LogP contribution in [0, 0.1) is 18.7 Å². The minimum absolute atomic E-state index is 0.0420. The van der Waals surface area contributed by atoms with Gasteiger partial charge in [-0.3, -0.25) is 19.4 Å². The predicted molar refractivity (Wildman–Crippen MR) is 183 cm³/mol. The van der Waals surface area contributed by atoms with Crippen molar-refractivity contribution in [1.82, 2.24) is 29.0 Å². The number of hydrogen-bond acceptors (Lipinski definition) is 7. The molecular weight excluding hydrogens is 611 g/mol. The van der Waals surface area contributed by atoms with Crippen molar-refractivity contribution in [2.75, 3.05) is 18.8 Å². The molecule has 0 bridgehead atoms. The SMILES string of the molecule is Cc1c(-c2cncc(F)c2)c(=O)c(C(N)=O)c(-c2ccc(-c3cc(C4CCN(C(=O)C(C)C)CC4)n4ncnc(N)c34)cc2)n1C(C)C. The normalized spacial score (nSPS) is 14.0. The highest BCUT2D eigenvalue weighted by atomic mass is 19.1. The Kier molecular flexibility index (Phi) is 8.59. The number of carbonyl (C=O) groups excluding carboxylic acids is 2. The molecule has 248 valence electrons. The Morgan fingerprint density at radius 2 is 1.65 bits per heavy atom. The number of benzene rings is 1. The Balaban J connectivity index is 1.44. The van der Waals surface area contributed by atoms with Crippen LogP contribution in [0.15, 0.2) is 59.9 Å². The number of piperidine rings is 1. The summed E-state index contributed by atoms with van der Waals surface area (Å²) in [6.45, 7) is 10.8. The first kappa shape index (κ1) is 32.5. The van der Waals surface area contributed by atoms with E-state index in [1.54, 1.807) is 6.92 Å². The molecule has 0 unspecified atom stereocenters. The molecule has 5 heterocycles. The van der Waals surface area contributed by atoms with Gasteiger partial charge < -0.3 is 20.9 Å². The predicted octanol–water partition coefficient (Wildman–Crippen LogP) is 5.36. The number of amides is 2. The number of anilines is 1. The Morgan fingerprint density at radius 3 is 2.25 bits per heavy atom. The zero-order valence-corrected chi connectivity index (χ0v) is 27.7. The molecule has 1 saturated heterocycles. The molecule has 1 fully saturated rings. The van der Waals surface area contributed by atoms with Gasteiger partial charge in [0, 0.05) is 59.7 Å². The maximum absolute atomic E-state index is 14.2. The second-order valence-electron chi connectivity index (χ2n) is 13.0. The zero-order valence-electron chi connectivity index (χ0n) is 27.7. The lowest BCUT2D eigenvalue weighted by Gasteiger charge is -2.33. The van der Waals surface area contributed by atoms with Crippen LogP contribution in [-0.4, -0.2) is 54.0 Å². The monoisotopic (exact) mass is 650 g/mol. The third-order valence-corrected chi connectivity index (χ3v) is 9.21. The molecule has 6 rings (SSSR count). The first-order valence-corrected chi connectivity index (χ1v) is 16.1. The fraction of sp³-hybridized carbons (Fsp3) is 0.333. The first-order chi connectivity index (χ1) is 22.9. The van der Waals surface area contributed by atoms with Gasteiger partial charge >= 0.3 is 0 Å². The second-order valence-corrected chi connectivity index (χ2v) is 13.0. The summed E-state index contributed by atoms with van der Waals surface area (Å²) in [6.07, 6.45) is 5.50. The Morgan fingerprint density at radius 1 is 0.979 bits per heavy atom. The van der Waals surface area contributed by atoms with Crippen molar-refractivity contribution < 1.29 is 14.0 Å². The van der Waals surface area contributed by atoms with E-state index in [1.165, 1.54) is 18.6 Å². The van der Waals surface area contributed by atoms with Gasteiger partial charge in [-0.15, -0.1) is 0 Å². The Hall–Kier alpha value is -5.39. The number of fused-ring (bicyclic) bond motifs is 1.